The number of rotatable bonds is 3. The van der Waals surface area contributed by atoms with E-state index in [0.29, 0.717) is 38.6 Å². The Kier molecular flexibility index (Phi) is 4.53. The first-order chi connectivity index (χ1) is 12.7. The molecule has 0 saturated carbocycles. The van der Waals surface area contributed by atoms with Crippen molar-refractivity contribution in [2.24, 2.45) is 0 Å². The molecule has 0 aliphatic carbocycles. The molecular weight excluding hydrogens is 335 g/mol. The maximum absolute atomic E-state index is 13.7. The van der Waals surface area contributed by atoms with Crippen LogP contribution in [0.25, 0.3) is 11.1 Å². The molecule has 0 bridgehead atoms. The first-order valence-electron chi connectivity index (χ1n) is 8.56. The van der Waals surface area contributed by atoms with E-state index in [0.717, 1.165) is 11.1 Å². The second-order valence-electron chi connectivity index (χ2n) is 6.25. The van der Waals surface area contributed by atoms with E-state index in [2.05, 4.69) is 15.2 Å². The molecule has 2 aromatic carbocycles. The summed E-state index contributed by atoms with van der Waals surface area (Å²) < 4.78 is 19.4. The van der Waals surface area contributed by atoms with E-state index < -0.39 is 5.82 Å². The van der Waals surface area contributed by atoms with Gasteiger partial charge in [0.2, 0.25) is 5.89 Å². The van der Waals surface area contributed by atoms with E-state index in [1.54, 1.807) is 23.1 Å². The van der Waals surface area contributed by atoms with Crippen LogP contribution >= 0.6 is 0 Å². The largest absolute Gasteiger partial charge is 0.439 e. The Labute approximate surface area is 150 Å². The fourth-order valence-corrected chi connectivity index (χ4v) is 3.04. The van der Waals surface area contributed by atoms with Gasteiger partial charge in [0.15, 0.2) is 5.58 Å². The predicted molar refractivity (Wildman–Crippen MR) is 96.3 cm³/mol. The molecule has 0 atom stereocenters. The highest BCUT2D eigenvalue weighted by Crippen LogP contribution is 2.17. The van der Waals surface area contributed by atoms with Gasteiger partial charge in [-0.1, -0.05) is 24.3 Å². The second kappa shape index (κ2) is 7.13. The Hall–Kier alpha value is -2.93. The Morgan fingerprint density at radius 2 is 1.81 bits per heavy atom. The van der Waals surface area contributed by atoms with E-state index in [-0.39, 0.29) is 11.7 Å². The number of nitrogens with zero attached hydrogens (tertiary/aromatic N) is 3. The van der Waals surface area contributed by atoms with Gasteiger partial charge in [-0.2, -0.15) is 0 Å². The van der Waals surface area contributed by atoms with E-state index in [9.17, 15) is 9.18 Å². The molecule has 1 aliphatic heterocycles. The van der Waals surface area contributed by atoms with Crippen LogP contribution in [0.5, 0.6) is 0 Å². The monoisotopic (exact) mass is 354 g/mol. The van der Waals surface area contributed by atoms with Crippen molar-refractivity contribution < 1.29 is 13.6 Å². The molecule has 1 N–H and O–H groups in total. The van der Waals surface area contributed by atoms with Gasteiger partial charge in [-0.15, -0.1) is 0 Å². The molecular formula is C19H19FN4O2. The number of hydrogen-bond acceptors (Lipinski definition) is 4. The van der Waals surface area contributed by atoms with Crippen LogP contribution in [0.2, 0.25) is 0 Å². The van der Waals surface area contributed by atoms with Crippen LogP contribution in [0.15, 0.2) is 52.9 Å². The summed E-state index contributed by atoms with van der Waals surface area (Å²) >= 11 is 0. The molecule has 26 heavy (non-hydrogen) atoms. The number of amides is 2. The van der Waals surface area contributed by atoms with Gasteiger partial charge >= 0.3 is 6.03 Å². The second-order valence-corrected chi connectivity index (χ2v) is 6.25. The molecule has 3 aromatic rings. The lowest BCUT2D eigenvalue weighted by molar-refractivity contribution is 0.136. The number of hydrogen-bond donors (Lipinski definition) is 1. The first-order valence-corrected chi connectivity index (χ1v) is 8.56. The highest BCUT2D eigenvalue weighted by atomic mass is 19.1. The van der Waals surface area contributed by atoms with Gasteiger partial charge in [0.25, 0.3) is 0 Å². The number of para-hydroxylation sites is 3. The SMILES string of the molecule is O=C(Nc1ccccc1F)N1CCN(Cc2nc3ccccc3o2)CC1. The Bertz CT molecular complexity index is 886. The lowest BCUT2D eigenvalue weighted by Crippen LogP contribution is -2.49. The molecule has 6 nitrogen and oxygen atoms in total. The van der Waals surface area contributed by atoms with Crippen LogP contribution in [-0.4, -0.2) is 47.0 Å². The normalized spacial score (nSPS) is 15.3. The Morgan fingerprint density at radius 1 is 1.08 bits per heavy atom. The number of carbonyl (C=O) groups is 1. The zero-order valence-corrected chi connectivity index (χ0v) is 14.2. The zero-order valence-electron chi connectivity index (χ0n) is 14.2. The minimum Gasteiger partial charge on any atom is -0.439 e. The van der Waals surface area contributed by atoms with Crippen LogP contribution in [0.1, 0.15) is 5.89 Å². The maximum Gasteiger partial charge on any atom is 0.322 e. The summed E-state index contributed by atoms with van der Waals surface area (Å²) in [4.78, 5) is 20.7. The smallest absolute Gasteiger partial charge is 0.322 e. The van der Waals surface area contributed by atoms with Gasteiger partial charge in [0.05, 0.1) is 12.2 Å². The number of urea groups is 1. The lowest BCUT2D eigenvalue weighted by Gasteiger charge is -2.34. The highest BCUT2D eigenvalue weighted by Gasteiger charge is 2.23. The first kappa shape index (κ1) is 16.5. The summed E-state index contributed by atoms with van der Waals surface area (Å²) in [5.74, 6) is 0.242. The van der Waals surface area contributed by atoms with Crippen molar-refractivity contribution in [2.45, 2.75) is 6.54 Å². The number of benzene rings is 2. The number of aromatic nitrogens is 1. The van der Waals surface area contributed by atoms with Crippen molar-refractivity contribution in [1.82, 2.24) is 14.8 Å². The van der Waals surface area contributed by atoms with Gasteiger partial charge in [-0.3, -0.25) is 4.90 Å². The minimum atomic E-state index is -0.435. The third kappa shape index (κ3) is 3.52. The molecule has 1 aromatic heterocycles. The molecule has 7 heteroatoms. The average Bonchev–Trinajstić information content (AvgIpc) is 3.06. The number of oxazole rings is 1. The van der Waals surface area contributed by atoms with Crippen LogP contribution in [0, 0.1) is 5.82 Å². The summed E-state index contributed by atoms with van der Waals surface area (Å²) in [6, 6.07) is 13.6. The van der Waals surface area contributed by atoms with Gasteiger partial charge in [0, 0.05) is 26.2 Å². The van der Waals surface area contributed by atoms with Gasteiger partial charge in [0.1, 0.15) is 11.3 Å². The van der Waals surface area contributed by atoms with Crippen molar-refractivity contribution >= 4 is 22.8 Å². The Balaban J connectivity index is 1.32. The van der Waals surface area contributed by atoms with Crippen LogP contribution in [-0.2, 0) is 6.54 Å². The lowest BCUT2D eigenvalue weighted by atomic mass is 10.3. The zero-order chi connectivity index (χ0) is 17.9. The van der Waals surface area contributed by atoms with Gasteiger partial charge < -0.3 is 14.6 Å². The standard InChI is InChI=1S/C19H19FN4O2/c20-14-5-1-2-6-15(14)22-19(25)24-11-9-23(10-12-24)13-18-21-16-7-3-4-8-17(16)26-18/h1-8H,9-13H2,(H,22,25). The van der Waals surface area contributed by atoms with Crippen molar-refractivity contribution in [1.29, 1.82) is 0 Å². The van der Waals surface area contributed by atoms with Crippen LogP contribution in [0.3, 0.4) is 0 Å². The molecule has 0 unspecified atom stereocenters. The Morgan fingerprint density at radius 3 is 2.58 bits per heavy atom. The number of nitrogens with one attached hydrogen (secondary N) is 1. The number of halogens is 1. The van der Waals surface area contributed by atoms with Crippen molar-refractivity contribution in [3.8, 4) is 0 Å². The molecule has 2 heterocycles. The van der Waals surface area contributed by atoms with Crippen LogP contribution < -0.4 is 5.32 Å². The van der Waals surface area contributed by atoms with E-state index in [1.165, 1.54) is 6.07 Å². The number of piperazine rings is 1. The maximum atomic E-state index is 13.7. The fraction of sp³-hybridized carbons (Fsp3) is 0.263. The van der Waals surface area contributed by atoms with Crippen LogP contribution in [0.4, 0.5) is 14.9 Å². The molecule has 0 radical (unpaired) electrons. The van der Waals surface area contributed by atoms with Crippen molar-refractivity contribution in [2.75, 3.05) is 31.5 Å². The third-order valence-electron chi connectivity index (χ3n) is 4.47. The summed E-state index contributed by atoms with van der Waals surface area (Å²) in [6.45, 7) is 3.17. The van der Waals surface area contributed by atoms with E-state index >= 15 is 0 Å². The highest BCUT2D eigenvalue weighted by molar-refractivity contribution is 5.89. The number of anilines is 1. The molecule has 4 rings (SSSR count). The van der Waals surface area contributed by atoms with Crippen molar-refractivity contribution in [3.05, 3.63) is 60.2 Å². The summed E-state index contributed by atoms with van der Waals surface area (Å²) in [6.07, 6.45) is 0. The average molecular weight is 354 g/mol. The summed E-state index contributed by atoms with van der Waals surface area (Å²) in [7, 11) is 0. The molecule has 1 fully saturated rings. The number of fused-ring (bicyclic) bond motifs is 1. The molecule has 1 saturated heterocycles. The topological polar surface area (TPSA) is 61.6 Å². The summed E-state index contributed by atoms with van der Waals surface area (Å²) in [5, 5.41) is 2.62. The minimum absolute atomic E-state index is 0.200. The summed E-state index contributed by atoms with van der Waals surface area (Å²) in [5.41, 5.74) is 1.84. The molecule has 134 valence electrons. The third-order valence-corrected chi connectivity index (χ3v) is 4.47. The van der Waals surface area contributed by atoms with Gasteiger partial charge in [-0.05, 0) is 24.3 Å². The molecule has 0 spiro atoms. The van der Waals surface area contributed by atoms with E-state index in [4.69, 9.17) is 4.42 Å². The van der Waals surface area contributed by atoms with Gasteiger partial charge in [-0.25, -0.2) is 14.2 Å². The van der Waals surface area contributed by atoms with Crippen molar-refractivity contribution in [3.63, 3.8) is 0 Å². The quantitative estimate of drug-likeness (QED) is 0.784. The van der Waals surface area contributed by atoms with E-state index in [1.807, 2.05) is 24.3 Å². The molecule has 1 aliphatic rings. The predicted octanol–water partition coefficient (Wildman–Crippen LogP) is 3.32. The fourth-order valence-electron chi connectivity index (χ4n) is 3.04. The number of carbonyl (C=O) groups excluding carboxylic acids is 1. The molecule has 2 amide bonds.